The molecular formula is C20H22N2. The van der Waals surface area contributed by atoms with Crippen LogP contribution in [0.2, 0.25) is 0 Å². The SMILES string of the molecule is CC(C)(C)c1ccc(-c2cnc(Cc3ccccc3)[nH]2)cc1. The van der Waals surface area contributed by atoms with Crippen molar-refractivity contribution in [3.8, 4) is 11.3 Å². The molecule has 0 saturated heterocycles. The molecular weight excluding hydrogens is 268 g/mol. The first-order chi connectivity index (χ1) is 10.5. The Labute approximate surface area is 132 Å². The normalized spacial score (nSPS) is 11.6. The van der Waals surface area contributed by atoms with Crippen LogP contribution in [0, 0.1) is 0 Å². The van der Waals surface area contributed by atoms with Crippen molar-refractivity contribution in [3.05, 3.63) is 77.7 Å². The molecule has 0 aliphatic heterocycles. The lowest BCUT2D eigenvalue weighted by Crippen LogP contribution is -2.10. The molecule has 0 unspecified atom stereocenters. The number of hydrogen-bond donors (Lipinski definition) is 1. The van der Waals surface area contributed by atoms with Gasteiger partial charge in [-0.2, -0.15) is 0 Å². The number of rotatable bonds is 3. The second-order valence-electron chi connectivity index (χ2n) is 6.73. The molecule has 0 amide bonds. The van der Waals surface area contributed by atoms with E-state index in [1.54, 1.807) is 0 Å². The van der Waals surface area contributed by atoms with Crippen LogP contribution in [0.1, 0.15) is 37.7 Å². The summed E-state index contributed by atoms with van der Waals surface area (Å²) in [7, 11) is 0. The summed E-state index contributed by atoms with van der Waals surface area (Å²) >= 11 is 0. The lowest BCUT2D eigenvalue weighted by molar-refractivity contribution is 0.590. The summed E-state index contributed by atoms with van der Waals surface area (Å²) in [5, 5.41) is 0. The molecule has 0 aliphatic rings. The van der Waals surface area contributed by atoms with Crippen molar-refractivity contribution in [1.29, 1.82) is 0 Å². The van der Waals surface area contributed by atoms with Gasteiger partial charge in [0.1, 0.15) is 5.82 Å². The molecule has 0 radical (unpaired) electrons. The van der Waals surface area contributed by atoms with Crippen LogP contribution in [0.15, 0.2) is 60.8 Å². The molecule has 2 nitrogen and oxygen atoms in total. The maximum absolute atomic E-state index is 4.50. The fourth-order valence-corrected chi connectivity index (χ4v) is 2.54. The molecule has 1 heterocycles. The topological polar surface area (TPSA) is 28.7 Å². The van der Waals surface area contributed by atoms with Gasteiger partial charge in [-0.1, -0.05) is 75.4 Å². The van der Waals surface area contributed by atoms with E-state index in [1.807, 2.05) is 12.3 Å². The minimum Gasteiger partial charge on any atom is -0.342 e. The summed E-state index contributed by atoms with van der Waals surface area (Å²) in [6.45, 7) is 6.70. The largest absolute Gasteiger partial charge is 0.342 e. The van der Waals surface area contributed by atoms with E-state index in [0.29, 0.717) is 0 Å². The summed E-state index contributed by atoms with van der Waals surface area (Å²) < 4.78 is 0. The molecule has 0 bridgehead atoms. The number of nitrogens with one attached hydrogen (secondary N) is 1. The van der Waals surface area contributed by atoms with Crippen molar-refractivity contribution < 1.29 is 0 Å². The minimum absolute atomic E-state index is 0.186. The maximum atomic E-state index is 4.50. The zero-order valence-electron chi connectivity index (χ0n) is 13.4. The van der Waals surface area contributed by atoms with Crippen molar-refractivity contribution in [3.63, 3.8) is 0 Å². The number of benzene rings is 2. The lowest BCUT2D eigenvalue weighted by Gasteiger charge is -2.18. The Morgan fingerprint density at radius 1 is 0.909 bits per heavy atom. The monoisotopic (exact) mass is 290 g/mol. The highest BCUT2D eigenvalue weighted by Gasteiger charge is 2.13. The van der Waals surface area contributed by atoms with E-state index in [0.717, 1.165) is 17.9 Å². The van der Waals surface area contributed by atoms with Crippen molar-refractivity contribution in [2.24, 2.45) is 0 Å². The molecule has 112 valence electrons. The Hall–Kier alpha value is -2.35. The third-order valence-corrected chi connectivity index (χ3v) is 3.90. The van der Waals surface area contributed by atoms with E-state index in [1.165, 1.54) is 16.7 Å². The van der Waals surface area contributed by atoms with Gasteiger partial charge in [0.15, 0.2) is 0 Å². The van der Waals surface area contributed by atoms with Gasteiger partial charge in [-0.05, 0) is 22.1 Å². The molecule has 3 rings (SSSR count). The Morgan fingerprint density at radius 2 is 1.59 bits per heavy atom. The number of imidazole rings is 1. The van der Waals surface area contributed by atoms with Crippen molar-refractivity contribution in [2.75, 3.05) is 0 Å². The van der Waals surface area contributed by atoms with Crippen LogP contribution in [0.4, 0.5) is 0 Å². The quantitative estimate of drug-likeness (QED) is 0.725. The van der Waals surface area contributed by atoms with Crippen molar-refractivity contribution in [2.45, 2.75) is 32.6 Å². The minimum atomic E-state index is 0.186. The van der Waals surface area contributed by atoms with Gasteiger partial charge in [-0.25, -0.2) is 4.98 Å². The van der Waals surface area contributed by atoms with E-state index in [9.17, 15) is 0 Å². The molecule has 0 spiro atoms. The van der Waals surface area contributed by atoms with Gasteiger partial charge >= 0.3 is 0 Å². The van der Waals surface area contributed by atoms with Crippen LogP contribution in [0.3, 0.4) is 0 Å². The van der Waals surface area contributed by atoms with E-state index in [4.69, 9.17) is 0 Å². The van der Waals surface area contributed by atoms with Gasteiger partial charge in [-0.15, -0.1) is 0 Å². The summed E-state index contributed by atoms with van der Waals surface area (Å²) in [6, 6.07) is 19.1. The van der Waals surface area contributed by atoms with Gasteiger partial charge in [0.25, 0.3) is 0 Å². The molecule has 0 aliphatic carbocycles. The Morgan fingerprint density at radius 3 is 2.23 bits per heavy atom. The third-order valence-electron chi connectivity index (χ3n) is 3.90. The third kappa shape index (κ3) is 3.28. The molecule has 1 N–H and O–H groups in total. The van der Waals surface area contributed by atoms with E-state index in [-0.39, 0.29) is 5.41 Å². The summed E-state index contributed by atoms with van der Waals surface area (Å²) in [5.74, 6) is 1.00. The van der Waals surface area contributed by atoms with E-state index < -0.39 is 0 Å². The summed E-state index contributed by atoms with van der Waals surface area (Å²) in [5.41, 5.74) is 5.06. The highest BCUT2D eigenvalue weighted by molar-refractivity contribution is 5.59. The molecule has 22 heavy (non-hydrogen) atoms. The average molecular weight is 290 g/mol. The van der Waals surface area contributed by atoms with Crippen LogP contribution < -0.4 is 0 Å². The standard InChI is InChI=1S/C20H22N2/c1-20(2,3)17-11-9-16(10-12-17)18-14-21-19(22-18)13-15-7-5-4-6-8-15/h4-12,14H,13H2,1-3H3,(H,21,22). The van der Waals surface area contributed by atoms with Crippen molar-refractivity contribution >= 4 is 0 Å². The summed E-state index contributed by atoms with van der Waals surface area (Å²) in [4.78, 5) is 7.93. The predicted octanol–water partition coefficient (Wildman–Crippen LogP) is 4.97. The first kappa shape index (κ1) is 14.6. The first-order valence-electron chi connectivity index (χ1n) is 7.71. The zero-order chi connectivity index (χ0) is 15.6. The van der Waals surface area contributed by atoms with Crippen molar-refractivity contribution in [1.82, 2.24) is 9.97 Å². The smallest absolute Gasteiger partial charge is 0.110 e. The molecule has 0 saturated carbocycles. The van der Waals surface area contributed by atoms with Crippen LogP contribution in [-0.2, 0) is 11.8 Å². The summed E-state index contributed by atoms with van der Waals surface area (Å²) in [6.07, 6.45) is 2.76. The Bertz CT molecular complexity index is 731. The molecule has 1 aromatic heterocycles. The number of H-pyrrole nitrogens is 1. The molecule has 2 aromatic carbocycles. The van der Waals surface area contributed by atoms with Crippen LogP contribution in [-0.4, -0.2) is 9.97 Å². The van der Waals surface area contributed by atoms with E-state index in [2.05, 4.69) is 79.3 Å². The number of hydrogen-bond acceptors (Lipinski definition) is 1. The van der Waals surface area contributed by atoms with Gasteiger partial charge < -0.3 is 4.98 Å². The molecule has 0 fully saturated rings. The average Bonchev–Trinajstić information content (AvgIpc) is 2.96. The molecule has 0 atom stereocenters. The fraction of sp³-hybridized carbons (Fsp3) is 0.250. The number of nitrogens with zero attached hydrogens (tertiary/aromatic N) is 1. The van der Waals surface area contributed by atoms with Crippen LogP contribution in [0.5, 0.6) is 0 Å². The highest BCUT2D eigenvalue weighted by atomic mass is 14.9. The van der Waals surface area contributed by atoms with Crippen LogP contribution in [0.25, 0.3) is 11.3 Å². The number of aromatic nitrogens is 2. The molecule has 3 aromatic rings. The van der Waals surface area contributed by atoms with E-state index >= 15 is 0 Å². The van der Waals surface area contributed by atoms with Gasteiger partial charge in [0.2, 0.25) is 0 Å². The lowest BCUT2D eigenvalue weighted by atomic mass is 9.86. The highest BCUT2D eigenvalue weighted by Crippen LogP contribution is 2.25. The first-order valence-corrected chi connectivity index (χ1v) is 7.71. The fourth-order valence-electron chi connectivity index (χ4n) is 2.54. The maximum Gasteiger partial charge on any atom is 0.110 e. The zero-order valence-corrected chi connectivity index (χ0v) is 13.4. The van der Waals surface area contributed by atoms with Gasteiger partial charge in [0, 0.05) is 6.42 Å². The second kappa shape index (κ2) is 5.80. The second-order valence-corrected chi connectivity index (χ2v) is 6.73. The Balaban J connectivity index is 1.79. The molecule has 2 heteroatoms. The van der Waals surface area contributed by atoms with Gasteiger partial charge in [0.05, 0.1) is 11.9 Å². The predicted molar refractivity (Wildman–Crippen MR) is 92.0 cm³/mol. The van der Waals surface area contributed by atoms with Gasteiger partial charge in [-0.3, -0.25) is 0 Å². The van der Waals surface area contributed by atoms with Crippen LogP contribution >= 0.6 is 0 Å². The Kier molecular flexibility index (Phi) is 3.84. The number of aromatic amines is 1.